The molecule has 0 saturated carbocycles. The van der Waals surface area contributed by atoms with Crippen LogP contribution in [0.1, 0.15) is 30.0 Å². The van der Waals surface area contributed by atoms with Crippen LogP contribution < -0.4 is 21.9 Å². The molecule has 4 rings (SSSR count). The third kappa shape index (κ3) is 2.55. The zero-order valence-corrected chi connectivity index (χ0v) is 16.4. The van der Waals surface area contributed by atoms with Crippen LogP contribution in [-0.2, 0) is 13.5 Å². The molecule has 1 aliphatic carbocycles. The number of halogens is 1. The largest absolute Gasteiger partial charge is 0.383 e. The normalized spacial score (nSPS) is 21.6. The monoisotopic (exact) mass is 451 g/mol. The maximum absolute atomic E-state index is 12.3. The molecule has 2 heterocycles. The van der Waals surface area contributed by atoms with Crippen LogP contribution >= 0.6 is 22.6 Å². The van der Waals surface area contributed by atoms with Gasteiger partial charge in [-0.2, -0.15) is 4.98 Å². The molecule has 1 atom stereocenters. The molecular formula is C18H22IN5O. The fourth-order valence-electron chi connectivity index (χ4n) is 4.32. The van der Waals surface area contributed by atoms with E-state index in [1.807, 2.05) is 22.6 Å². The number of anilines is 2. The lowest BCUT2D eigenvalue weighted by molar-refractivity contribution is 0.186. The van der Waals surface area contributed by atoms with Gasteiger partial charge < -0.3 is 16.4 Å². The number of piperidine rings is 1. The highest BCUT2D eigenvalue weighted by molar-refractivity contribution is 14.1. The van der Waals surface area contributed by atoms with Crippen molar-refractivity contribution in [2.75, 3.05) is 23.7 Å². The molecular weight excluding hydrogens is 429 g/mol. The summed E-state index contributed by atoms with van der Waals surface area (Å²) >= 11 is 1.95. The molecule has 0 amide bonds. The van der Waals surface area contributed by atoms with Gasteiger partial charge in [0.15, 0.2) is 0 Å². The molecule has 2 aliphatic rings. The molecule has 0 unspecified atom stereocenters. The Balaban J connectivity index is 1.59. The van der Waals surface area contributed by atoms with Gasteiger partial charge >= 0.3 is 0 Å². The Morgan fingerprint density at radius 3 is 2.64 bits per heavy atom. The molecule has 7 heteroatoms. The number of benzene rings is 1. The summed E-state index contributed by atoms with van der Waals surface area (Å²) in [6.45, 7) is 1.67. The third-order valence-corrected chi connectivity index (χ3v) is 6.89. The summed E-state index contributed by atoms with van der Waals surface area (Å²) in [7, 11) is 1.76. The number of nitrogen functional groups attached to an aromatic ring is 1. The minimum Gasteiger partial charge on any atom is -0.383 e. The maximum atomic E-state index is 12.3. The van der Waals surface area contributed by atoms with Gasteiger partial charge in [-0.1, -0.05) is 24.3 Å². The Morgan fingerprint density at radius 2 is 1.96 bits per heavy atom. The number of rotatable bonds is 1. The second-order valence-corrected chi connectivity index (χ2v) is 8.26. The highest BCUT2D eigenvalue weighted by Gasteiger charge is 2.46. The fraction of sp³-hybridized carbons (Fsp3) is 0.444. The molecule has 1 aliphatic heterocycles. The molecule has 1 spiro atoms. The number of nitrogens with zero attached hydrogens (tertiary/aromatic N) is 3. The second-order valence-electron chi connectivity index (χ2n) is 7.18. The first-order chi connectivity index (χ1) is 11.9. The second kappa shape index (κ2) is 5.98. The molecule has 1 fully saturated rings. The average Bonchev–Trinajstić information content (AvgIpc) is 2.89. The van der Waals surface area contributed by atoms with Gasteiger partial charge in [0, 0.05) is 26.2 Å². The molecule has 2 aromatic rings. The highest BCUT2D eigenvalue weighted by Crippen LogP contribution is 2.50. The van der Waals surface area contributed by atoms with E-state index in [0.29, 0.717) is 15.3 Å². The van der Waals surface area contributed by atoms with Crippen LogP contribution in [0.3, 0.4) is 0 Å². The first kappa shape index (κ1) is 16.8. The van der Waals surface area contributed by atoms with Crippen molar-refractivity contribution in [2.24, 2.45) is 18.2 Å². The van der Waals surface area contributed by atoms with Crippen molar-refractivity contribution in [1.29, 1.82) is 0 Å². The van der Waals surface area contributed by atoms with E-state index in [-0.39, 0.29) is 17.0 Å². The minimum atomic E-state index is -0.0895. The van der Waals surface area contributed by atoms with Crippen LogP contribution in [0.4, 0.5) is 11.8 Å². The highest BCUT2D eigenvalue weighted by atomic mass is 127. The Labute approximate surface area is 160 Å². The van der Waals surface area contributed by atoms with E-state index in [1.165, 1.54) is 11.1 Å². The summed E-state index contributed by atoms with van der Waals surface area (Å²) in [6.07, 6.45) is 3.02. The fourth-order valence-corrected chi connectivity index (χ4v) is 4.80. The number of hydrogen-bond donors (Lipinski definition) is 2. The summed E-state index contributed by atoms with van der Waals surface area (Å²) in [4.78, 5) is 18.9. The van der Waals surface area contributed by atoms with E-state index >= 15 is 0 Å². The molecule has 1 saturated heterocycles. The summed E-state index contributed by atoms with van der Waals surface area (Å²) in [5.74, 6) is 0.964. The lowest BCUT2D eigenvalue weighted by atomic mass is 9.73. The van der Waals surface area contributed by atoms with E-state index < -0.39 is 0 Å². The van der Waals surface area contributed by atoms with Gasteiger partial charge in [0.05, 0.1) is 0 Å². The van der Waals surface area contributed by atoms with Crippen molar-refractivity contribution in [3.05, 3.63) is 49.3 Å². The van der Waals surface area contributed by atoms with Gasteiger partial charge in [0.2, 0.25) is 5.95 Å². The predicted molar refractivity (Wildman–Crippen MR) is 108 cm³/mol. The standard InChI is InChI=1S/C18H22IN5O/c1-23-16(25)13(19)15(21)22-17(23)24-8-6-18(7-9-24)10-11-4-2-3-5-12(11)14(18)20/h2-5,14H,6-10,20-21H2,1H3/t14-/m1/s1. The first-order valence-electron chi connectivity index (χ1n) is 8.53. The third-order valence-electron chi connectivity index (χ3n) is 5.87. The SMILES string of the molecule is Cn1c(N2CCC3(CC2)Cc2ccccc2[C@H]3N)nc(N)c(I)c1=O. The van der Waals surface area contributed by atoms with Gasteiger partial charge in [-0.15, -0.1) is 0 Å². The molecule has 1 aromatic carbocycles. The minimum absolute atomic E-state index is 0.0874. The van der Waals surface area contributed by atoms with Crippen molar-refractivity contribution < 1.29 is 0 Å². The number of aromatic nitrogens is 2. The quantitative estimate of drug-likeness (QED) is 0.646. The van der Waals surface area contributed by atoms with Crippen molar-refractivity contribution in [1.82, 2.24) is 9.55 Å². The molecule has 25 heavy (non-hydrogen) atoms. The van der Waals surface area contributed by atoms with Crippen molar-refractivity contribution in [2.45, 2.75) is 25.3 Å². The smallest absolute Gasteiger partial charge is 0.270 e. The number of fused-ring (bicyclic) bond motifs is 1. The van der Waals surface area contributed by atoms with Crippen LogP contribution in [-0.4, -0.2) is 22.6 Å². The molecule has 6 nitrogen and oxygen atoms in total. The average molecular weight is 451 g/mol. The number of hydrogen-bond acceptors (Lipinski definition) is 5. The maximum Gasteiger partial charge on any atom is 0.270 e. The molecule has 1 aromatic heterocycles. The lowest BCUT2D eigenvalue weighted by Crippen LogP contribution is -2.46. The van der Waals surface area contributed by atoms with E-state index in [1.54, 1.807) is 11.6 Å². The zero-order chi connectivity index (χ0) is 17.8. The summed E-state index contributed by atoms with van der Waals surface area (Å²) in [5, 5.41) is 0. The van der Waals surface area contributed by atoms with E-state index in [4.69, 9.17) is 11.5 Å². The molecule has 132 valence electrons. The van der Waals surface area contributed by atoms with Gasteiger partial charge in [0.1, 0.15) is 9.39 Å². The van der Waals surface area contributed by atoms with Crippen molar-refractivity contribution >= 4 is 34.4 Å². The Kier molecular flexibility index (Phi) is 4.03. The van der Waals surface area contributed by atoms with E-state index in [2.05, 4.69) is 34.1 Å². The Morgan fingerprint density at radius 1 is 1.28 bits per heavy atom. The predicted octanol–water partition coefficient (Wildman–Crippen LogP) is 1.81. The van der Waals surface area contributed by atoms with Crippen molar-refractivity contribution in [3.8, 4) is 0 Å². The summed E-state index contributed by atoms with van der Waals surface area (Å²) < 4.78 is 2.07. The molecule has 0 radical (unpaired) electrons. The Hall–Kier alpha value is -1.61. The van der Waals surface area contributed by atoms with Crippen molar-refractivity contribution in [3.63, 3.8) is 0 Å². The van der Waals surface area contributed by atoms with Gasteiger partial charge in [-0.05, 0) is 58.4 Å². The van der Waals surface area contributed by atoms with Gasteiger partial charge in [-0.25, -0.2) is 0 Å². The van der Waals surface area contributed by atoms with Crippen LogP contribution in [0.5, 0.6) is 0 Å². The zero-order valence-electron chi connectivity index (χ0n) is 14.2. The van der Waals surface area contributed by atoms with Crippen LogP contribution in [0, 0.1) is 8.99 Å². The van der Waals surface area contributed by atoms with Crippen LogP contribution in [0.15, 0.2) is 29.1 Å². The molecule has 4 N–H and O–H groups in total. The number of nitrogens with two attached hydrogens (primary N) is 2. The van der Waals surface area contributed by atoms with Crippen LogP contribution in [0.25, 0.3) is 0 Å². The van der Waals surface area contributed by atoms with Gasteiger partial charge in [-0.3, -0.25) is 9.36 Å². The summed E-state index contributed by atoms with van der Waals surface area (Å²) in [5.41, 5.74) is 15.2. The van der Waals surface area contributed by atoms with Gasteiger partial charge in [0.25, 0.3) is 5.56 Å². The lowest BCUT2D eigenvalue weighted by Gasteiger charge is -2.42. The molecule has 0 bridgehead atoms. The Bertz CT molecular complexity index is 886. The first-order valence-corrected chi connectivity index (χ1v) is 9.61. The van der Waals surface area contributed by atoms with Crippen LogP contribution in [0.2, 0.25) is 0 Å². The topological polar surface area (TPSA) is 90.2 Å². The summed E-state index contributed by atoms with van der Waals surface area (Å²) in [6, 6.07) is 8.60. The van der Waals surface area contributed by atoms with E-state index in [9.17, 15) is 4.79 Å². The van der Waals surface area contributed by atoms with E-state index in [0.717, 1.165) is 32.4 Å².